The first kappa shape index (κ1) is 13.0. The highest BCUT2D eigenvalue weighted by Gasteiger charge is 2.22. The smallest absolute Gasteiger partial charge is 0.00415 e. The Labute approximate surface area is 84.5 Å². The van der Waals surface area contributed by atoms with Crippen molar-refractivity contribution in [1.82, 2.24) is 4.90 Å². The standard InChI is InChI=1S/C12H27N/c1-8-12(6,7)9-13(10(2)3)11(4)5/h10-11H,8-9H2,1-7H3. The van der Waals surface area contributed by atoms with E-state index in [9.17, 15) is 0 Å². The molecule has 13 heavy (non-hydrogen) atoms. The Morgan fingerprint density at radius 2 is 1.38 bits per heavy atom. The number of rotatable bonds is 5. The first-order valence-corrected chi connectivity index (χ1v) is 5.56. The van der Waals surface area contributed by atoms with Gasteiger partial charge in [0.25, 0.3) is 0 Å². The fourth-order valence-corrected chi connectivity index (χ4v) is 1.57. The lowest BCUT2D eigenvalue weighted by Gasteiger charge is -2.37. The van der Waals surface area contributed by atoms with Crippen LogP contribution in [0.1, 0.15) is 54.9 Å². The van der Waals surface area contributed by atoms with Gasteiger partial charge in [0.1, 0.15) is 0 Å². The molecular formula is C12H27N. The van der Waals surface area contributed by atoms with Gasteiger partial charge in [0.15, 0.2) is 0 Å². The van der Waals surface area contributed by atoms with E-state index >= 15 is 0 Å². The quantitative estimate of drug-likeness (QED) is 0.633. The Morgan fingerprint density at radius 1 is 1.00 bits per heavy atom. The van der Waals surface area contributed by atoms with E-state index in [1.54, 1.807) is 0 Å². The SMILES string of the molecule is CCC(C)(C)CN(C(C)C)C(C)C. The molecule has 0 aromatic heterocycles. The zero-order valence-corrected chi connectivity index (χ0v) is 10.5. The van der Waals surface area contributed by atoms with Crippen LogP contribution in [0.2, 0.25) is 0 Å². The van der Waals surface area contributed by atoms with Crippen molar-refractivity contribution < 1.29 is 0 Å². The molecule has 80 valence electrons. The van der Waals surface area contributed by atoms with Crippen molar-refractivity contribution in [3.8, 4) is 0 Å². The number of hydrogen-bond donors (Lipinski definition) is 0. The van der Waals surface area contributed by atoms with Crippen molar-refractivity contribution in [1.29, 1.82) is 0 Å². The lowest BCUT2D eigenvalue weighted by Crippen LogP contribution is -2.43. The Kier molecular flexibility index (Phi) is 4.98. The summed E-state index contributed by atoms with van der Waals surface area (Å²) in [5.41, 5.74) is 0.453. The van der Waals surface area contributed by atoms with Crippen LogP contribution in [0.3, 0.4) is 0 Å². The van der Waals surface area contributed by atoms with Crippen molar-refractivity contribution in [3.63, 3.8) is 0 Å². The maximum atomic E-state index is 2.57. The van der Waals surface area contributed by atoms with Gasteiger partial charge in [-0.05, 0) is 39.5 Å². The van der Waals surface area contributed by atoms with Crippen LogP contribution in [0.25, 0.3) is 0 Å². The van der Waals surface area contributed by atoms with E-state index in [1.807, 2.05) is 0 Å². The first-order chi connectivity index (χ1) is 5.80. The van der Waals surface area contributed by atoms with E-state index in [-0.39, 0.29) is 0 Å². The second kappa shape index (κ2) is 4.99. The number of nitrogens with zero attached hydrogens (tertiary/aromatic N) is 1. The van der Waals surface area contributed by atoms with Crippen LogP contribution in [0.4, 0.5) is 0 Å². The van der Waals surface area contributed by atoms with E-state index in [4.69, 9.17) is 0 Å². The molecule has 1 heteroatoms. The third kappa shape index (κ3) is 4.66. The summed E-state index contributed by atoms with van der Waals surface area (Å²) in [4.78, 5) is 2.57. The summed E-state index contributed by atoms with van der Waals surface area (Å²) >= 11 is 0. The molecule has 0 heterocycles. The Morgan fingerprint density at radius 3 is 1.62 bits per heavy atom. The van der Waals surface area contributed by atoms with Gasteiger partial charge in [-0.25, -0.2) is 0 Å². The molecule has 0 aromatic carbocycles. The molecule has 0 radical (unpaired) electrons. The van der Waals surface area contributed by atoms with Gasteiger partial charge in [-0.15, -0.1) is 0 Å². The molecule has 0 amide bonds. The average Bonchev–Trinajstić information content (AvgIpc) is 1.99. The molecule has 0 aliphatic rings. The van der Waals surface area contributed by atoms with E-state index in [1.165, 1.54) is 13.0 Å². The highest BCUT2D eigenvalue weighted by Crippen LogP contribution is 2.23. The minimum absolute atomic E-state index is 0.453. The summed E-state index contributed by atoms with van der Waals surface area (Å²) in [6.45, 7) is 17.3. The Hall–Kier alpha value is -0.0400. The van der Waals surface area contributed by atoms with E-state index in [0.717, 1.165) is 0 Å². The highest BCUT2D eigenvalue weighted by atomic mass is 15.2. The van der Waals surface area contributed by atoms with Crippen LogP contribution >= 0.6 is 0 Å². The van der Waals surface area contributed by atoms with Crippen LogP contribution in [0.15, 0.2) is 0 Å². The van der Waals surface area contributed by atoms with Crippen LogP contribution in [0, 0.1) is 5.41 Å². The zero-order chi connectivity index (χ0) is 10.6. The maximum absolute atomic E-state index is 2.57. The van der Waals surface area contributed by atoms with Crippen LogP contribution < -0.4 is 0 Å². The van der Waals surface area contributed by atoms with Gasteiger partial charge in [0, 0.05) is 18.6 Å². The predicted octanol–water partition coefficient (Wildman–Crippen LogP) is 3.54. The largest absolute Gasteiger partial charge is 0.298 e. The fraction of sp³-hybridized carbons (Fsp3) is 1.00. The van der Waals surface area contributed by atoms with Crippen molar-refractivity contribution in [2.24, 2.45) is 5.41 Å². The molecule has 0 bridgehead atoms. The van der Waals surface area contributed by atoms with Gasteiger partial charge in [-0.1, -0.05) is 20.8 Å². The van der Waals surface area contributed by atoms with E-state index in [0.29, 0.717) is 17.5 Å². The molecule has 0 aliphatic carbocycles. The van der Waals surface area contributed by atoms with Crippen molar-refractivity contribution >= 4 is 0 Å². The van der Waals surface area contributed by atoms with E-state index in [2.05, 4.69) is 53.4 Å². The van der Waals surface area contributed by atoms with Crippen molar-refractivity contribution in [3.05, 3.63) is 0 Å². The summed E-state index contributed by atoms with van der Waals surface area (Å²) in [6, 6.07) is 1.32. The van der Waals surface area contributed by atoms with E-state index < -0.39 is 0 Å². The Bertz CT molecular complexity index is 128. The van der Waals surface area contributed by atoms with Gasteiger partial charge in [-0.3, -0.25) is 4.90 Å². The average molecular weight is 185 g/mol. The summed E-state index contributed by atoms with van der Waals surface area (Å²) in [7, 11) is 0. The third-order valence-corrected chi connectivity index (χ3v) is 2.89. The highest BCUT2D eigenvalue weighted by molar-refractivity contribution is 4.76. The van der Waals surface area contributed by atoms with Gasteiger partial charge in [0.05, 0.1) is 0 Å². The van der Waals surface area contributed by atoms with Crippen LogP contribution in [0.5, 0.6) is 0 Å². The molecule has 0 aromatic rings. The molecule has 0 rings (SSSR count). The summed E-state index contributed by atoms with van der Waals surface area (Å²) in [6.07, 6.45) is 1.25. The van der Waals surface area contributed by atoms with Crippen molar-refractivity contribution in [2.45, 2.75) is 67.0 Å². The minimum Gasteiger partial charge on any atom is -0.298 e. The van der Waals surface area contributed by atoms with Crippen molar-refractivity contribution in [2.75, 3.05) is 6.54 Å². The molecule has 0 N–H and O–H groups in total. The molecule has 0 saturated heterocycles. The molecular weight excluding hydrogens is 158 g/mol. The van der Waals surface area contributed by atoms with Gasteiger partial charge < -0.3 is 0 Å². The molecule has 0 unspecified atom stereocenters. The summed E-state index contributed by atoms with van der Waals surface area (Å²) in [5, 5.41) is 0. The monoisotopic (exact) mass is 185 g/mol. The molecule has 0 atom stereocenters. The van der Waals surface area contributed by atoms with Crippen LogP contribution in [-0.2, 0) is 0 Å². The van der Waals surface area contributed by atoms with Crippen LogP contribution in [-0.4, -0.2) is 23.5 Å². The lowest BCUT2D eigenvalue weighted by molar-refractivity contribution is 0.109. The molecule has 0 spiro atoms. The summed E-state index contributed by atoms with van der Waals surface area (Å²) < 4.78 is 0. The van der Waals surface area contributed by atoms with Gasteiger partial charge in [0.2, 0.25) is 0 Å². The third-order valence-electron chi connectivity index (χ3n) is 2.89. The molecule has 0 fully saturated rings. The lowest BCUT2D eigenvalue weighted by atomic mass is 9.89. The minimum atomic E-state index is 0.453. The molecule has 0 aliphatic heterocycles. The van der Waals surface area contributed by atoms with Gasteiger partial charge in [-0.2, -0.15) is 0 Å². The molecule has 1 nitrogen and oxygen atoms in total. The zero-order valence-electron chi connectivity index (χ0n) is 10.5. The number of hydrogen-bond acceptors (Lipinski definition) is 1. The normalized spacial score (nSPS) is 13.4. The topological polar surface area (TPSA) is 3.24 Å². The maximum Gasteiger partial charge on any atom is 0.00415 e. The fourth-order valence-electron chi connectivity index (χ4n) is 1.57. The van der Waals surface area contributed by atoms with Gasteiger partial charge >= 0.3 is 0 Å². The predicted molar refractivity (Wildman–Crippen MR) is 61.1 cm³/mol. The molecule has 0 saturated carbocycles. The first-order valence-electron chi connectivity index (χ1n) is 5.56. The Balaban J connectivity index is 4.26. The summed E-state index contributed by atoms with van der Waals surface area (Å²) in [5.74, 6) is 0. The second-order valence-corrected chi connectivity index (χ2v) is 5.38. The second-order valence-electron chi connectivity index (χ2n) is 5.38.